The highest BCUT2D eigenvalue weighted by molar-refractivity contribution is 9.11. The van der Waals surface area contributed by atoms with Gasteiger partial charge in [0.25, 0.3) is 0 Å². The number of carbonyl (C=O) groups is 2. The second-order valence-corrected chi connectivity index (χ2v) is 4.81. The zero-order valence-corrected chi connectivity index (χ0v) is 10.5. The first-order chi connectivity index (χ1) is 7.50. The van der Waals surface area contributed by atoms with Gasteiger partial charge in [-0.2, -0.15) is 0 Å². The van der Waals surface area contributed by atoms with Crippen molar-refractivity contribution in [3.63, 3.8) is 0 Å². The fraction of sp³-hybridized carbons (Fsp3) is 0.600. The monoisotopic (exact) mass is 290 g/mol. The van der Waals surface area contributed by atoms with E-state index in [-0.39, 0.29) is 12.3 Å². The standard InChI is InChI=1S/C10H15BrN2O3/c1-6(11)5-7(9(12)14)13-10(15)8-3-2-4-16-8/h7-8H,1-5H2,(H2,12,14)(H,13,15)/t7-,8-/m1/s1. The normalized spacial score (nSPS) is 21.4. The molecule has 0 bridgehead atoms. The lowest BCUT2D eigenvalue weighted by molar-refractivity contribution is -0.133. The average molecular weight is 291 g/mol. The predicted molar refractivity (Wildman–Crippen MR) is 62.8 cm³/mol. The minimum atomic E-state index is -0.733. The van der Waals surface area contributed by atoms with Crippen LogP contribution in [0.1, 0.15) is 19.3 Å². The first-order valence-electron chi connectivity index (χ1n) is 5.05. The van der Waals surface area contributed by atoms with Crippen molar-refractivity contribution in [3.8, 4) is 0 Å². The highest BCUT2D eigenvalue weighted by Crippen LogP contribution is 2.14. The molecule has 0 radical (unpaired) electrons. The molecule has 0 aromatic rings. The Hall–Kier alpha value is -0.880. The lowest BCUT2D eigenvalue weighted by Crippen LogP contribution is -2.47. The van der Waals surface area contributed by atoms with E-state index in [1.807, 2.05) is 0 Å². The quantitative estimate of drug-likeness (QED) is 0.771. The van der Waals surface area contributed by atoms with Crippen molar-refractivity contribution < 1.29 is 14.3 Å². The molecular formula is C10H15BrN2O3. The van der Waals surface area contributed by atoms with Gasteiger partial charge >= 0.3 is 0 Å². The van der Waals surface area contributed by atoms with Crippen LogP contribution in [0.3, 0.4) is 0 Å². The molecule has 1 heterocycles. The van der Waals surface area contributed by atoms with Crippen LogP contribution in [-0.2, 0) is 14.3 Å². The summed E-state index contributed by atoms with van der Waals surface area (Å²) in [7, 11) is 0. The van der Waals surface area contributed by atoms with Crippen molar-refractivity contribution in [1.82, 2.24) is 5.32 Å². The Morgan fingerprint density at radius 2 is 2.31 bits per heavy atom. The van der Waals surface area contributed by atoms with Crippen LogP contribution in [0, 0.1) is 0 Å². The number of hydrogen-bond acceptors (Lipinski definition) is 3. The summed E-state index contributed by atoms with van der Waals surface area (Å²) >= 11 is 3.13. The molecule has 0 saturated carbocycles. The molecule has 0 aromatic heterocycles. The molecule has 2 amide bonds. The van der Waals surface area contributed by atoms with Gasteiger partial charge in [-0.25, -0.2) is 0 Å². The van der Waals surface area contributed by atoms with Crippen molar-refractivity contribution >= 4 is 27.7 Å². The Kier molecular flexibility index (Phi) is 4.95. The molecule has 1 aliphatic heterocycles. The van der Waals surface area contributed by atoms with Crippen molar-refractivity contribution in [2.45, 2.75) is 31.4 Å². The summed E-state index contributed by atoms with van der Waals surface area (Å²) in [6, 6.07) is -0.733. The van der Waals surface area contributed by atoms with E-state index in [4.69, 9.17) is 10.5 Å². The van der Waals surface area contributed by atoms with Crippen molar-refractivity contribution in [2.24, 2.45) is 5.73 Å². The second-order valence-electron chi connectivity index (χ2n) is 3.69. The number of halogens is 1. The maximum atomic E-state index is 11.7. The van der Waals surface area contributed by atoms with E-state index in [0.717, 1.165) is 6.42 Å². The minimum Gasteiger partial charge on any atom is -0.368 e. The molecule has 1 fully saturated rings. The van der Waals surface area contributed by atoms with E-state index in [9.17, 15) is 9.59 Å². The van der Waals surface area contributed by atoms with Crippen molar-refractivity contribution in [1.29, 1.82) is 0 Å². The molecule has 5 nitrogen and oxygen atoms in total. The zero-order chi connectivity index (χ0) is 12.1. The molecule has 0 aromatic carbocycles. The van der Waals surface area contributed by atoms with Gasteiger partial charge in [0.2, 0.25) is 11.8 Å². The average Bonchev–Trinajstić information content (AvgIpc) is 2.68. The summed E-state index contributed by atoms with van der Waals surface area (Å²) in [5, 5.41) is 2.56. The van der Waals surface area contributed by atoms with Crippen LogP contribution in [0.4, 0.5) is 0 Å². The van der Waals surface area contributed by atoms with Crippen LogP contribution in [-0.4, -0.2) is 30.6 Å². The van der Waals surface area contributed by atoms with Gasteiger partial charge < -0.3 is 15.8 Å². The number of carbonyl (C=O) groups excluding carboxylic acids is 2. The maximum absolute atomic E-state index is 11.7. The lowest BCUT2D eigenvalue weighted by atomic mass is 10.1. The second kappa shape index (κ2) is 6.00. The van der Waals surface area contributed by atoms with Crippen LogP contribution in [0.2, 0.25) is 0 Å². The molecule has 16 heavy (non-hydrogen) atoms. The smallest absolute Gasteiger partial charge is 0.249 e. The van der Waals surface area contributed by atoms with Gasteiger partial charge in [0, 0.05) is 13.0 Å². The van der Waals surface area contributed by atoms with Crippen molar-refractivity contribution in [2.75, 3.05) is 6.61 Å². The molecule has 1 rings (SSSR count). The Balaban J connectivity index is 2.50. The van der Waals surface area contributed by atoms with E-state index in [0.29, 0.717) is 17.5 Å². The molecule has 6 heteroatoms. The third-order valence-corrected chi connectivity index (χ3v) is 2.63. The lowest BCUT2D eigenvalue weighted by Gasteiger charge is -2.17. The van der Waals surface area contributed by atoms with E-state index in [2.05, 4.69) is 27.8 Å². The SMILES string of the molecule is C=C(Br)C[C@@H](NC(=O)[C@H]1CCCO1)C(N)=O. The summed E-state index contributed by atoms with van der Waals surface area (Å²) < 4.78 is 5.82. The van der Waals surface area contributed by atoms with Gasteiger partial charge in [0.05, 0.1) is 0 Å². The Morgan fingerprint density at radius 1 is 1.62 bits per heavy atom. The van der Waals surface area contributed by atoms with E-state index >= 15 is 0 Å². The van der Waals surface area contributed by atoms with Crippen LogP contribution in [0.15, 0.2) is 11.1 Å². The van der Waals surface area contributed by atoms with Gasteiger partial charge in [-0.3, -0.25) is 9.59 Å². The van der Waals surface area contributed by atoms with E-state index in [1.54, 1.807) is 0 Å². The number of amides is 2. The van der Waals surface area contributed by atoms with Gasteiger partial charge in [-0.15, -0.1) is 0 Å². The number of hydrogen-bond donors (Lipinski definition) is 2. The fourth-order valence-corrected chi connectivity index (χ4v) is 1.82. The number of primary amides is 1. The third kappa shape index (κ3) is 3.94. The molecule has 1 saturated heterocycles. The summed E-state index contributed by atoms with van der Waals surface area (Å²) in [6.45, 7) is 4.20. The maximum Gasteiger partial charge on any atom is 0.249 e. The number of rotatable bonds is 5. The molecule has 90 valence electrons. The first kappa shape index (κ1) is 13.2. The molecular weight excluding hydrogens is 276 g/mol. The van der Waals surface area contributed by atoms with E-state index < -0.39 is 18.1 Å². The summed E-state index contributed by atoms with van der Waals surface area (Å²) in [6.07, 6.45) is 1.38. The van der Waals surface area contributed by atoms with Crippen LogP contribution >= 0.6 is 15.9 Å². The number of nitrogens with two attached hydrogens (primary N) is 1. The molecule has 0 spiro atoms. The first-order valence-corrected chi connectivity index (χ1v) is 5.84. The van der Waals surface area contributed by atoms with Gasteiger partial charge in [-0.1, -0.05) is 22.5 Å². The number of ether oxygens (including phenoxy) is 1. The fourth-order valence-electron chi connectivity index (χ4n) is 1.49. The van der Waals surface area contributed by atoms with Gasteiger partial charge in [0.15, 0.2) is 0 Å². The van der Waals surface area contributed by atoms with Gasteiger partial charge in [0.1, 0.15) is 12.1 Å². The van der Waals surface area contributed by atoms with Crippen molar-refractivity contribution in [3.05, 3.63) is 11.1 Å². The topological polar surface area (TPSA) is 81.4 Å². The van der Waals surface area contributed by atoms with Crippen LogP contribution < -0.4 is 11.1 Å². The Bertz CT molecular complexity index is 300. The molecule has 3 N–H and O–H groups in total. The summed E-state index contributed by atoms with van der Waals surface area (Å²) in [5.74, 6) is -0.859. The van der Waals surface area contributed by atoms with Crippen LogP contribution in [0.5, 0.6) is 0 Å². The van der Waals surface area contributed by atoms with Gasteiger partial charge in [-0.05, 0) is 17.3 Å². The molecule has 0 aliphatic carbocycles. The zero-order valence-electron chi connectivity index (χ0n) is 8.87. The largest absolute Gasteiger partial charge is 0.368 e. The summed E-state index contributed by atoms with van der Waals surface area (Å²) in [4.78, 5) is 22.7. The Labute approximate surface area is 103 Å². The van der Waals surface area contributed by atoms with E-state index in [1.165, 1.54) is 0 Å². The predicted octanol–water partition coefficient (Wildman–Crippen LogP) is 0.434. The highest BCUT2D eigenvalue weighted by Gasteiger charge is 2.27. The minimum absolute atomic E-state index is 0.282. The third-order valence-electron chi connectivity index (χ3n) is 2.31. The van der Waals surface area contributed by atoms with Crippen LogP contribution in [0.25, 0.3) is 0 Å². The molecule has 1 aliphatic rings. The Morgan fingerprint density at radius 3 is 2.75 bits per heavy atom. The number of nitrogens with one attached hydrogen (secondary N) is 1. The molecule has 2 atom stereocenters. The molecule has 0 unspecified atom stereocenters. The highest BCUT2D eigenvalue weighted by atomic mass is 79.9. The summed E-state index contributed by atoms with van der Waals surface area (Å²) in [5.41, 5.74) is 5.18.